The Bertz CT molecular complexity index is 1110. The molecule has 1 amide bonds. The molecule has 2 N–H and O–H groups in total. The van der Waals surface area contributed by atoms with Gasteiger partial charge in [0.05, 0.1) is 10.9 Å². The molecule has 0 saturated carbocycles. The number of fused-ring (bicyclic) bond motifs is 1. The number of rotatable bonds is 3. The van der Waals surface area contributed by atoms with Crippen LogP contribution in [0.4, 0.5) is 0 Å². The number of amides is 1. The Morgan fingerprint density at radius 3 is 2.60 bits per heavy atom. The van der Waals surface area contributed by atoms with Crippen LogP contribution >= 0.6 is 12.4 Å². The highest BCUT2D eigenvalue weighted by atomic mass is 35.5. The fourth-order valence-corrected chi connectivity index (χ4v) is 4.14. The smallest absolute Gasteiger partial charge is 0.257 e. The highest BCUT2D eigenvalue weighted by Crippen LogP contribution is 2.29. The van der Waals surface area contributed by atoms with Crippen LogP contribution in [0.15, 0.2) is 57.7 Å². The number of piperidine rings is 1. The number of benzene rings is 2. The van der Waals surface area contributed by atoms with Crippen LogP contribution in [0, 0.1) is 12.8 Å². The monoisotopic (exact) mass is 426 g/mol. The van der Waals surface area contributed by atoms with E-state index in [1.807, 2.05) is 42.2 Å². The molecule has 158 valence electrons. The van der Waals surface area contributed by atoms with Crippen molar-refractivity contribution in [1.82, 2.24) is 4.90 Å². The Balaban J connectivity index is 0.00000256. The summed E-state index contributed by atoms with van der Waals surface area (Å²) in [5.74, 6) is 0.694. The third-order valence-corrected chi connectivity index (χ3v) is 5.90. The van der Waals surface area contributed by atoms with E-state index in [-0.39, 0.29) is 35.7 Å². The second-order valence-electron chi connectivity index (χ2n) is 7.95. The molecular weight excluding hydrogens is 400 g/mol. The van der Waals surface area contributed by atoms with Crippen LogP contribution < -0.4 is 11.2 Å². The molecule has 5 nitrogen and oxygen atoms in total. The van der Waals surface area contributed by atoms with Gasteiger partial charge < -0.3 is 15.1 Å². The standard InChI is InChI=1S/C24H26N2O3.ClH/c1-15-21(27)19-11-6-12-20(23(19)29-22(15)17-8-4-3-5-9-17)24(28)26-13-7-10-18(14-26)16(2)25;/h3-6,8-9,11-12,16,18H,7,10,13-14,25H2,1-2H3;1H. The largest absolute Gasteiger partial charge is 0.455 e. The summed E-state index contributed by atoms with van der Waals surface area (Å²) in [5, 5.41) is 0.439. The average molecular weight is 427 g/mol. The van der Waals surface area contributed by atoms with Crippen LogP contribution in [0.5, 0.6) is 0 Å². The van der Waals surface area contributed by atoms with Crippen molar-refractivity contribution in [3.8, 4) is 11.3 Å². The molecule has 0 radical (unpaired) electrons. The summed E-state index contributed by atoms with van der Waals surface area (Å²) in [6.45, 7) is 5.08. The van der Waals surface area contributed by atoms with E-state index in [4.69, 9.17) is 10.2 Å². The maximum absolute atomic E-state index is 13.3. The van der Waals surface area contributed by atoms with Crippen molar-refractivity contribution in [2.45, 2.75) is 32.7 Å². The predicted molar refractivity (Wildman–Crippen MR) is 122 cm³/mol. The van der Waals surface area contributed by atoms with Gasteiger partial charge in [-0.3, -0.25) is 9.59 Å². The Morgan fingerprint density at radius 1 is 1.17 bits per heavy atom. The zero-order chi connectivity index (χ0) is 20.5. The SMILES string of the molecule is Cc1c(-c2ccccc2)oc2c(C(=O)N3CCCC(C(C)N)C3)cccc2c1=O.Cl. The zero-order valence-corrected chi connectivity index (χ0v) is 18.1. The Hall–Kier alpha value is -2.63. The lowest BCUT2D eigenvalue weighted by atomic mass is 9.91. The first-order valence-electron chi connectivity index (χ1n) is 10.1. The molecule has 1 aromatic heterocycles. The number of nitrogens with two attached hydrogens (primary N) is 1. The van der Waals surface area contributed by atoms with Crippen LogP contribution in [-0.4, -0.2) is 29.9 Å². The van der Waals surface area contributed by atoms with Gasteiger partial charge in [-0.25, -0.2) is 0 Å². The van der Waals surface area contributed by atoms with Gasteiger partial charge in [-0.1, -0.05) is 36.4 Å². The van der Waals surface area contributed by atoms with Gasteiger partial charge in [-0.2, -0.15) is 0 Å². The van der Waals surface area contributed by atoms with Gasteiger partial charge in [0.25, 0.3) is 5.91 Å². The summed E-state index contributed by atoms with van der Waals surface area (Å²) in [5.41, 5.74) is 8.13. The Labute approximate surface area is 182 Å². The van der Waals surface area contributed by atoms with E-state index in [1.54, 1.807) is 25.1 Å². The van der Waals surface area contributed by atoms with Crippen LogP contribution in [0.1, 0.15) is 35.7 Å². The molecule has 0 bridgehead atoms. The van der Waals surface area contributed by atoms with Crippen LogP contribution in [0.25, 0.3) is 22.3 Å². The number of carbonyl (C=O) groups excluding carboxylic acids is 1. The lowest BCUT2D eigenvalue weighted by Gasteiger charge is -2.34. The summed E-state index contributed by atoms with van der Waals surface area (Å²) in [7, 11) is 0. The van der Waals surface area contributed by atoms with E-state index in [0.717, 1.165) is 18.4 Å². The molecule has 0 aliphatic carbocycles. The third kappa shape index (κ3) is 4.00. The minimum atomic E-state index is -0.105. The fraction of sp³-hybridized carbons (Fsp3) is 0.333. The molecule has 6 heteroatoms. The zero-order valence-electron chi connectivity index (χ0n) is 17.3. The molecule has 0 spiro atoms. The topological polar surface area (TPSA) is 76.5 Å². The Kier molecular flexibility index (Phi) is 6.64. The minimum Gasteiger partial charge on any atom is -0.455 e. The maximum Gasteiger partial charge on any atom is 0.257 e. The van der Waals surface area contributed by atoms with E-state index >= 15 is 0 Å². The number of para-hydroxylation sites is 1. The van der Waals surface area contributed by atoms with Crippen molar-refractivity contribution in [2.75, 3.05) is 13.1 Å². The summed E-state index contributed by atoms with van der Waals surface area (Å²) >= 11 is 0. The van der Waals surface area contributed by atoms with E-state index in [0.29, 0.717) is 40.9 Å². The number of carbonyl (C=O) groups is 1. The lowest BCUT2D eigenvalue weighted by Crippen LogP contribution is -2.45. The molecule has 1 aliphatic heterocycles. The third-order valence-electron chi connectivity index (χ3n) is 5.90. The van der Waals surface area contributed by atoms with E-state index in [9.17, 15) is 9.59 Å². The van der Waals surface area contributed by atoms with Crippen molar-refractivity contribution < 1.29 is 9.21 Å². The number of hydrogen-bond acceptors (Lipinski definition) is 4. The molecule has 1 saturated heterocycles. The number of likely N-dealkylation sites (tertiary alicyclic amines) is 1. The molecule has 2 atom stereocenters. The van der Waals surface area contributed by atoms with Crippen molar-refractivity contribution in [2.24, 2.45) is 11.7 Å². The van der Waals surface area contributed by atoms with Crippen LogP contribution in [-0.2, 0) is 0 Å². The van der Waals surface area contributed by atoms with Gasteiger partial charge >= 0.3 is 0 Å². The summed E-state index contributed by atoms with van der Waals surface area (Å²) in [6.07, 6.45) is 1.96. The van der Waals surface area contributed by atoms with Gasteiger partial charge in [-0.15, -0.1) is 12.4 Å². The van der Waals surface area contributed by atoms with Gasteiger partial charge in [0.15, 0.2) is 11.0 Å². The molecule has 2 aromatic carbocycles. The van der Waals surface area contributed by atoms with Crippen LogP contribution in [0.2, 0.25) is 0 Å². The second kappa shape index (κ2) is 9.02. The fourth-order valence-electron chi connectivity index (χ4n) is 4.14. The average Bonchev–Trinajstić information content (AvgIpc) is 2.76. The van der Waals surface area contributed by atoms with Crippen molar-refractivity contribution >= 4 is 29.3 Å². The molecule has 4 rings (SSSR count). The van der Waals surface area contributed by atoms with Crippen molar-refractivity contribution in [3.05, 3.63) is 69.9 Å². The highest BCUT2D eigenvalue weighted by molar-refractivity contribution is 6.05. The lowest BCUT2D eigenvalue weighted by molar-refractivity contribution is 0.0662. The number of hydrogen-bond donors (Lipinski definition) is 1. The van der Waals surface area contributed by atoms with Gasteiger partial charge in [0.2, 0.25) is 0 Å². The Morgan fingerprint density at radius 2 is 1.90 bits per heavy atom. The molecule has 2 heterocycles. The predicted octanol–water partition coefficient (Wildman–Crippen LogP) is 4.39. The molecule has 1 aliphatic rings. The first-order valence-corrected chi connectivity index (χ1v) is 10.1. The number of nitrogens with zero attached hydrogens (tertiary/aromatic N) is 1. The van der Waals surface area contributed by atoms with Crippen molar-refractivity contribution in [1.29, 1.82) is 0 Å². The highest BCUT2D eigenvalue weighted by Gasteiger charge is 2.28. The summed E-state index contributed by atoms with van der Waals surface area (Å²) < 4.78 is 6.20. The molecule has 30 heavy (non-hydrogen) atoms. The van der Waals surface area contributed by atoms with Gasteiger partial charge in [0.1, 0.15) is 5.76 Å². The first kappa shape index (κ1) is 22.1. The van der Waals surface area contributed by atoms with E-state index in [1.165, 1.54) is 0 Å². The van der Waals surface area contributed by atoms with E-state index < -0.39 is 0 Å². The van der Waals surface area contributed by atoms with Gasteiger partial charge in [0, 0.05) is 30.3 Å². The first-order chi connectivity index (χ1) is 14.0. The molecule has 3 aromatic rings. The molecular formula is C24H27ClN2O3. The molecule has 1 fully saturated rings. The summed E-state index contributed by atoms with van der Waals surface area (Å²) in [6, 6.07) is 14.8. The minimum absolute atomic E-state index is 0. The normalized spacial score (nSPS) is 17.4. The van der Waals surface area contributed by atoms with Gasteiger partial charge in [-0.05, 0) is 44.7 Å². The molecule has 2 unspecified atom stereocenters. The van der Waals surface area contributed by atoms with Crippen LogP contribution in [0.3, 0.4) is 0 Å². The number of halogens is 1. The van der Waals surface area contributed by atoms with Crippen molar-refractivity contribution in [3.63, 3.8) is 0 Å². The maximum atomic E-state index is 13.3. The second-order valence-corrected chi connectivity index (χ2v) is 7.95. The van der Waals surface area contributed by atoms with E-state index in [2.05, 4.69) is 0 Å². The summed E-state index contributed by atoms with van der Waals surface area (Å²) in [4.78, 5) is 28.2. The quantitative estimate of drug-likeness (QED) is 0.673.